The van der Waals surface area contributed by atoms with Gasteiger partial charge in [-0.2, -0.15) is 0 Å². The maximum Gasteiger partial charge on any atom is 0.348 e. The van der Waals surface area contributed by atoms with Crippen LogP contribution in [0, 0.1) is 17.0 Å². The van der Waals surface area contributed by atoms with E-state index in [1.54, 1.807) is 45.0 Å². The minimum Gasteiger partial charge on any atom is -0.462 e. The van der Waals surface area contributed by atoms with E-state index in [0.29, 0.717) is 16.3 Å². The van der Waals surface area contributed by atoms with Crippen molar-refractivity contribution in [2.75, 3.05) is 23.8 Å². The van der Waals surface area contributed by atoms with Crippen LogP contribution in [0.4, 0.5) is 16.4 Å². The molecular weight excluding hydrogens is 542 g/mol. The third-order valence-electron chi connectivity index (χ3n) is 4.72. The minimum atomic E-state index is -0.633. The van der Waals surface area contributed by atoms with Crippen LogP contribution in [0.25, 0.3) is 0 Å². The summed E-state index contributed by atoms with van der Waals surface area (Å²) in [6, 6.07) is 10.6. The second-order valence-electron chi connectivity index (χ2n) is 7.31. The highest BCUT2D eigenvalue weighted by atomic mass is 35.5. The van der Waals surface area contributed by atoms with E-state index in [4.69, 9.17) is 38.0 Å². The molecule has 3 aromatic rings. The molecule has 0 amide bonds. The first kappa shape index (κ1) is 27.8. The number of halogens is 1. The number of hydrogen-bond acceptors (Lipinski definition) is 9. The van der Waals surface area contributed by atoms with Crippen molar-refractivity contribution in [2.24, 2.45) is 0 Å². The predicted molar refractivity (Wildman–Crippen MR) is 145 cm³/mol. The summed E-state index contributed by atoms with van der Waals surface area (Å²) in [5.41, 5.74) is 0.554. The average molecular weight is 564 g/mol. The van der Waals surface area contributed by atoms with Crippen molar-refractivity contribution < 1.29 is 28.7 Å². The van der Waals surface area contributed by atoms with Crippen LogP contribution in [0.3, 0.4) is 0 Å². The molecule has 0 atom stereocenters. The third kappa shape index (κ3) is 7.15. The topological polar surface area (TPSA) is 129 Å². The number of esters is 2. The number of rotatable bonds is 9. The summed E-state index contributed by atoms with van der Waals surface area (Å²) in [4.78, 5) is 36.1. The normalized spacial score (nSPS) is 10.4. The van der Waals surface area contributed by atoms with Gasteiger partial charge in [-0.05, 0) is 62.8 Å². The fourth-order valence-electron chi connectivity index (χ4n) is 3.17. The number of non-ortho nitro benzene ring substituents is 1. The van der Waals surface area contributed by atoms with E-state index in [0.717, 1.165) is 11.3 Å². The van der Waals surface area contributed by atoms with Crippen LogP contribution in [0.5, 0.6) is 11.5 Å². The Bertz CT molecular complexity index is 1340. The highest BCUT2D eigenvalue weighted by Crippen LogP contribution is 2.35. The summed E-state index contributed by atoms with van der Waals surface area (Å²) in [5.74, 6) is -0.599. The molecule has 0 saturated carbocycles. The van der Waals surface area contributed by atoms with E-state index in [1.165, 1.54) is 18.2 Å². The average Bonchev–Trinajstić information content (AvgIpc) is 3.16. The molecule has 0 aliphatic rings. The molecule has 0 spiro atoms. The molecule has 0 unspecified atom stereocenters. The van der Waals surface area contributed by atoms with Crippen LogP contribution in [0.2, 0.25) is 5.02 Å². The highest BCUT2D eigenvalue weighted by Gasteiger charge is 2.27. The Balaban J connectivity index is 1.88. The number of hydrogen-bond donors (Lipinski definition) is 2. The Morgan fingerprint density at radius 1 is 1.03 bits per heavy atom. The number of thiocarbonyl (C=S) groups is 1. The van der Waals surface area contributed by atoms with Gasteiger partial charge in [0.15, 0.2) is 5.11 Å². The second-order valence-corrected chi connectivity index (χ2v) is 9.17. The third-order valence-corrected chi connectivity index (χ3v) is 6.37. The van der Waals surface area contributed by atoms with Gasteiger partial charge in [-0.3, -0.25) is 10.1 Å². The number of ether oxygens (including phenoxy) is 3. The van der Waals surface area contributed by atoms with Crippen LogP contribution in [0.15, 0.2) is 42.5 Å². The monoisotopic (exact) mass is 563 g/mol. The zero-order chi connectivity index (χ0) is 27.1. The van der Waals surface area contributed by atoms with Crippen molar-refractivity contribution in [3.63, 3.8) is 0 Å². The zero-order valence-corrected chi connectivity index (χ0v) is 22.3. The summed E-state index contributed by atoms with van der Waals surface area (Å²) in [5, 5.41) is 18.0. The predicted octanol–water partition coefficient (Wildman–Crippen LogP) is 6.57. The van der Waals surface area contributed by atoms with Crippen molar-refractivity contribution in [3.05, 3.63) is 73.6 Å². The van der Waals surface area contributed by atoms with E-state index in [1.807, 2.05) is 0 Å². The first-order valence-electron chi connectivity index (χ1n) is 10.9. The van der Waals surface area contributed by atoms with Gasteiger partial charge in [0.2, 0.25) is 0 Å². The van der Waals surface area contributed by atoms with E-state index < -0.39 is 16.9 Å². The fourth-order valence-corrected chi connectivity index (χ4v) is 4.67. The lowest BCUT2D eigenvalue weighted by Gasteiger charge is -2.12. The Morgan fingerprint density at radius 3 is 2.30 bits per heavy atom. The van der Waals surface area contributed by atoms with E-state index in [2.05, 4.69) is 10.6 Å². The molecule has 0 fully saturated rings. The molecule has 0 radical (unpaired) electrons. The molecular formula is C24H22ClN3O7S2. The van der Waals surface area contributed by atoms with Crippen LogP contribution >= 0.6 is 35.2 Å². The molecule has 0 aliphatic heterocycles. The van der Waals surface area contributed by atoms with Crippen LogP contribution in [-0.4, -0.2) is 35.2 Å². The molecule has 1 heterocycles. The van der Waals surface area contributed by atoms with Crippen LogP contribution in [-0.2, 0) is 9.47 Å². The van der Waals surface area contributed by atoms with Gasteiger partial charge in [0.05, 0.1) is 35.5 Å². The standard InChI is InChI=1S/C24H22ClN3O7S2/c1-4-33-22(29)19-13(3)20(23(30)34-5-2)37-21(19)27-24(36)26-15-10-16(28(31)32)12-18(11-15)35-17-8-6-14(25)7-9-17/h6-12H,4-5H2,1-3H3,(H2,26,27,36). The molecule has 37 heavy (non-hydrogen) atoms. The number of anilines is 2. The molecule has 0 saturated heterocycles. The molecule has 10 nitrogen and oxygen atoms in total. The number of nitro benzene ring substituents is 1. The number of carbonyl (C=O) groups is 2. The molecule has 2 N–H and O–H groups in total. The number of nitro groups is 1. The van der Waals surface area contributed by atoms with Crippen LogP contribution in [0.1, 0.15) is 39.4 Å². The Morgan fingerprint density at radius 2 is 1.68 bits per heavy atom. The van der Waals surface area contributed by atoms with Gasteiger partial charge in [0.25, 0.3) is 5.69 Å². The Hall–Kier alpha value is -3.74. The smallest absolute Gasteiger partial charge is 0.348 e. The largest absolute Gasteiger partial charge is 0.462 e. The molecule has 13 heteroatoms. The maximum atomic E-state index is 12.6. The fraction of sp³-hybridized carbons (Fsp3) is 0.208. The van der Waals surface area contributed by atoms with Gasteiger partial charge in [-0.15, -0.1) is 11.3 Å². The van der Waals surface area contributed by atoms with Gasteiger partial charge in [0.1, 0.15) is 21.4 Å². The first-order valence-corrected chi connectivity index (χ1v) is 12.5. The summed E-state index contributed by atoms with van der Waals surface area (Å²) in [7, 11) is 0. The van der Waals surface area contributed by atoms with Crippen LogP contribution < -0.4 is 15.4 Å². The molecule has 0 aliphatic carbocycles. The highest BCUT2D eigenvalue weighted by molar-refractivity contribution is 7.80. The second kappa shape index (κ2) is 12.5. The number of nitrogens with zero attached hydrogens (tertiary/aromatic N) is 1. The van der Waals surface area contributed by atoms with Gasteiger partial charge in [-0.1, -0.05) is 11.6 Å². The summed E-state index contributed by atoms with van der Waals surface area (Å²) in [6.45, 7) is 5.25. The lowest BCUT2D eigenvalue weighted by atomic mass is 10.1. The van der Waals surface area contributed by atoms with Crippen molar-refractivity contribution in [1.29, 1.82) is 0 Å². The van der Waals surface area contributed by atoms with Gasteiger partial charge >= 0.3 is 11.9 Å². The molecule has 0 bridgehead atoms. The molecule has 194 valence electrons. The van der Waals surface area contributed by atoms with E-state index in [9.17, 15) is 19.7 Å². The summed E-state index contributed by atoms with van der Waals surface area (Å²) < 4.78 is 15.9. The minimum absolute atomic E-state index is 0.0140. The number of benzene rings is 2. The van der Waals surface area contributed by atoms with Crippen molar-refractivity contribution in [3.8, 4) is 11.5 Å². The first-order chi connectivity index (χ1) is 17.6. The van der Waals surface area contributed by atoms with Crippen molar-refractivity contribution in [2.45, 2.75) is 20.8 Å². The van der Waals surface area contributed by atoms with Gasteiger partial charge < -0.3 is 24.8 Å². The van der Waals surface area contributed by atoms with E-state index >= 15 is 0 Å². The molecule has 3 rings (SSSR count). The maximum absolute atomic E-state index is 12.6. The number of carbonyl (C=O) groups excluding carboxylic acids is 2. The molecule has 1 aromatic heterocycles. The van der Waals surface area contributed by atoms with E-state index in [-0.39, 0.29) is 50.9 Å². The van der Waals surface area contributed by atoms with Crippen molar-refractivity contribution in [1.82, 2.24) is 0 Å². The van der Waals surface area contributed by atoms with Gasteiger partial charge in [0, 0.05) is 17.2 Å². The van der Waals surface area contributed by atoms with Crippen molar-refractivity contribution >= 4 is 68.6 Å². The number of nitrogens with one attached hydrogen (secondary N) is 2. The number of thiophene rings is 1. The Labute approximate surface area is 226 Å². The summed E-state index contributed by atoms with van der Waals surface area (Å²) >= 11 is 12.3. The quantitative estimate of drug-likeness (QED) is 0.127. The lowest BCUT2D eigenvalue weighted by Crippen LogP contribution is -2.20. The molecule has 2 aromatic carbocycles. The SMILES string of the molecule is CCOC(=O)c1sc(NC(=S)Nc2cc(Oc3ccc(Cl)cc3)cc([N+](=O)[O-])c2)c(C(=O)OCC)c1C. The zero-order valence-electron chi connectivity index (χ0n) is 20.0. The Kier molecular flexibility index (Phi) is 9.39. The van der Waals surface area contributed by atoms with Gasteiger partial charge in [-0.25, -0.2) is 9.59 Å². The summed E-state index contributed by atoms with van der Waals surface area (Å²) in [6.07, 6.45) is 0. The lowest BCUT2D eigenvalue weighted by molar-refractivity contribution is -0.384.